The van der Waals surface area contributed by atoms with Gasteiger partial charge in [-0.2, -0.15) is 0 Å². The fourth-order valence-corrected chi connectivity index (χ4v) is 8.71. The number of hydrogen-bond donors (Lipinski definition) is 0. The number of aryl methyl sites for hydroxylation is 4. The van der Waals surface area contributed by atoms with Crippen LogP contribution >= 0.6 is 0 Å². The predicted octanol–water partition coefficient (Wildman–Crippen LogP) is 16.6. The van der Waals surface area contributed by atoms with Gasteiger partial charge >= 0.3 is 0 Å². The molecular weight excluding hydrogens is 677 g/mol. The molecule has 0 aliphatic carbocycles. The largest absolute Gasteiger partial charge is 0.310 e. The van der Waals surface area contributed by atoms with Gasteiger partial charge in [0.05, 0.1) is 11.4 Å². The van der Waals surface area contributed by atoms with Crippen molar-refractivity contribution in [2.24, 2.45) is 0 Å². The van der Waals surface area contributed by atoms with Crippen molar-refractivity contribution in [3.63, 3.8) is 0 Å². The maximum absolute atomic E-state index is 2.47. The molecule has 5 aromatic carbocycles. The zero-order valence-electron chi connectivity index (χ0n) is 38.0. The van der Waals surface area contributed by atoms with Crippen LogP contribution < -0.4 is 9.80 Å². The van der Waals surface area contributed by atoms with Crippen molar-refractivity contribution in [1.29, 1.82) is 0 Å². The van der Waals surface area contributed by atoms with Gasteiger partial charge in [-0.05, 0) is 155 Å². The molecule has 0 saturated carbocycles. The summed E-state index contributed by atoms with van der Waals surface area (Å²) in [5, 5.41) is 0. The smallest absolute Gasteiger partial charge is 0.0520 e. The van der Waals surface area contributed by atoms with Crippen LogP contribution in [0.25, 0.3) is 0 Å². The van der Waals surface area contributed by atoms with Gasteiger partial charge in [0.2, 0.25) is 0 Å². The lowest BCUT2D eigenvalue weighted by molar-refractivity contribution is 0.473. The van der Waals surface area contributed by atoms with Crippen LogP contribution in [0.5, 0.6) is 0 Å². The number of nitrogens with zero attached hydrogens (tertiary/aromatic N) is 2. The zero-order chi connectivity index (χ0) is 41.4. The number of anilines is 6. The van der Waals surface area contributed by atoms with E-state index in [2.05, 4.69) is 218 Å². The summed E-state index contributed by atoms with van der Waals surface area (Å²) in [5.41, 5.74) is 18.2. The standard InChI is InChI=1S/C54H72N2/c1-17-31-53(13,14)41-19-23-45(24-20-41)55(49-37(3)33-43(34-38(49)4)51(7,8)9)47-27-29-48(30-28-47)56(46-25-21-42(22-26-46)54(15,16)32-18-2)50-39(5)35-44(36-40(50)6)52(10,11)12/h19-30,33-36H,17-18,31-32H2,1-16H3. The van der Waals surface area contributed by atoms with Gasteiger partial charge in [0.25, 0.3) is 0 Å². The van der Waals surface area contributed by atoms with Gasteiger partial charge in [-0.1, -0.05) is 144 Å². The van der Waals surface area contributed by atoms with Crippen LogP contribution in [0, 0.1) is 27.7 Å². The summed E-state index contributed by atoms with van der Waals surface area (Å²) in [4.78, 5) is 4.95. The van der Waals surface area contributed by atoms with Gasteiger partial charge in [0, 0.05) is 22.7 Å². The summed E-state index contributed by atoms with van der Waals surface area (Å²) in [6, 6.07) is 37.5. The molecule has 5 rings (SSSR count). The Morgan fingerprint density at radius 2 is 0.589 bits per heavy atom. The first-order chi connectivity index (χ1) is 26.1. The van der Waals surface area contributed by atoms with Gasteiger partial charge in [-0.25, -0.2) is 0 Å². The lowest BCUT2D eigenvalue weighted by Crippen LogP contribution is -2.19. The van der Waals surface area contributed by atoms with Crippen LogP contribution in [0.2, 0.25) is 0 Å². The average molecular weight is 749 g/mol. The summed E-state index contributed by atoms with van der Waals surface area (Å²) in [6.07, 6.45) is 4.67. The van der Waals surface area contributed by atoms with E-state index in [0.717, 1.165) is 24.2 Å². The van der Waals surface area contributed by atoms with Crippen molar-refractivity contribution in [2.75, 3.05) is 9.80 Å². The van der Waals surface area contributed by atoms with E-state index in [0.29, 0.717) is 0 Å². The zero-order valence-corrected chi connectivity index (χ0v) is 38.0. The first-order valence-corrected chi connectivity index (χ1v) is 21.2. The highest BCUT2D eigenvalue weighted by Crippen LogP contribution is 2.45. The molecule has 0 radical (unpaired) electrons. The SMILES string of the molecule is CCCC(C)(C)c1ccc(N(c2ccc(N(c3ccc(C(C)(C)CCC)cc3)c3c(C)cc(C(C)(C)C)cc3C)cc2)c2c(C)cc(C(C)(C)C)cc2C)cc1. The molecule has 0 amide bonds. The lowest BCUT2D eigenvalue weighted by Gasteiger charge is -2.33. The number of hydrogen-bond acceptors (Lipinski definition) is 2. The molecule has 5 aromatic rings. The molecule has 0 aliphatic heterocycles. The topological polar surface area (TPSA) is 6.48 Å². The maximum Gasteiger partial charge on any atom is 0.0520 e. The number of benzene rings is 5. The van der Waals surface area contributed by atoms with Crippen LogP contribution in [-0.2, 0) is 21.7 Å². The van der Waals surface area contributed by atoms with E-state index in [-0.39, 0.29) is 21.7 Å². The van der Waals surface area contributed by atoms with Crippen LogP contribution in [0.4, 0.5) is 34.1 Å². The molecule has 0 saturated heterocycles. The third kappa shape index (κ3) is 9.12. The fraction of sp³-hybridized carbons (Fsp3) is 0.444. The summed E-state index contributed by atoms with van der Waals surface area (Å²) in [6.45, 7) is 37.0. The molecule has 0 aromatic heterocycles. The van der Waals surface area contributed by atoms with Crippen molar-refractivity contribution in [2.45, 2.75) is 158 Å². The number of rotatable bonds is 12. The third-order valence-electron chi connectivity index (χ3n) is 12.1. The van der Waals surface area contributed by atoms with E-state index in [4.69, 9.17) is 0 Å². The molecule has 2 nitrogen and oxygen atoms in total. The van der Waals surface area contributed by atoms with Gasteiger partial charge in [0.1, 0.15) is 0 Å². The minimum atomic E-state index is 0.0712. The molecule has 0 heterocycles. The van der Waals surface area contributed by atoms with Crippen molar-refractivity contribution < 1.29 is 0 Å². The highest BCUT2D eigenvalue weighted by Gasteiger charge is 2.26. The van der Waals surface area contributed by atoms with Gasteiger partial charge in [-0.15, -0.1) is 0 Å². The van der Waals surface area contributed by atoms with Gasteiger partial charge < -0.3 is 9.80 Å². The first-order valence-electron chi connectivity index (χ1n) is 21.2. The predicted molar refractivity (Wildman–Crippen MR) is 248 cm³/mol. The molecule has 0 fully saturated rings. The van der Waals surface area contributed by atoms with Crippen LogP contribution in [0.15, 0.2) is 97.1 Å². The quantitative estimate of drug-likeness (QED) is 0.125. The third-order valence-corrected chi connectivity index (χ3v) is 12.1. The maximum atomic E-state index is 2.47. The Labute approximate surface area is 342 Å². The Balaban J connectivity index is 1.69. The molecule has 0 aliphatic rings. The summed E-state index contributed by atoms with van der Waals surface area (Å²) < 4.78 is 0. The molecule has 2 heteroatoms. The minimum absolute atomic E-state index is 0.0712. The molecule has 0 bridgehead atoms. The Morgan fingerprint density at radius 3 is 0.804 bits per heavy atom. The molecule has 0 N–H and O–H groups in total. The Bertz CT molecular complexity index is 1900. The van der Waals surface area contributed by atoms with E-state index in [1.54, 1.807) is 0 Å². The van der Waals surface area contributed by atoms with Crippen LogP contribution in [-0.4, -0.2) is 0 Å². The summed E-state index contributed by atoms with van der Waals surface area (Å²) in [5.74, 6) is 0. The molecule has 298 valence electrons. The molecule has 0 atom stereocenters. The normalized spacial score (nSPS) is 12.6. The van der Waals surface area contributed by atoms with E-state index in [1.807, 2.05) is 0 Å². The van der Waals surface area contributed by atoms with Gasteiger partial charge in [0.15, 0.2) is 0 Å². The van der Waals surface area contributed by atoms with Crippen molar-refractivity contribution in [3.05, 3.63) is 142 Å². The van der Waals surface area contributed by atoms with E-state index in [9.17, 15) is 0 Å². The lowest BCUT2D eigenvalue weighted by atomic mass is 9.80. The second-order valence-corrected chi connectivity index (χ2v) is 20.0. The highest BCUT2D eigenvalue weighted by atomic mass is 15.2. The second kappa shape index (κ2) is 16.3. The van der Waals surface area contributed by atoms with Gasteiger partial charge in [-0.3, -0.25) is 0 Å². The fourth-order valence-electron chi connectivity index (χ4n) is 8.71. The summed E-state index contributed by atoms with van der Waals surface area (Å²) in [7, 11) is 0. The van der Waals surface area contributed by atoms with Crippen molar-refractivity contribution in [1.82, 2.24) is 0 Å². The molecule has 56 heavy (non-hydrogen) atoms. The average Bonchev–Trinajstić information content (AvgIpc) is 3.11. The van der Waals surface area contributed by atoms with Crippen molar-refractivity contribution in [3.8, 4) is 0 Å². The Morgan fingerprint density at radius 1 is 0.357 bits per heavy atom. The Kier molecular flexibility index (Phi) is 12.5. The minimum Gasteiger partial charge on any atom is -0.310 e. The first kappa shape index (κ1) is 42.8. The van der Waals surface area contributed by atoms with Crippen molar-refractivity contribution >= 4 is 34.1 Å². The van der Waals surface area contributed by atoms with E-state index in [1.165, 1.54) is 80.1 Å². The Hall–Kier alpha value is -4.30. The molecule has 0 spiro atoms. The van der Waals surface area contributed by atoms with E-state index >= 15 is 0 Å². The second-order valence-electron chi connectivity index (χ2n) is 20.0. The van der Waals surface area contributed by atoms with Crippen LogP contribution in [0.3, 0.4) is 0 Å². The molecular formula is C54H72N2. The monoisotopic (exact) mass is 749 g/mol. The molecule has 0 unspecified atom stereocenters. The highest BCUT2D eigenvalue weighted by molar-refractivity contribution is 5.85. The summed E-state index contributed by atoms with van der Waals surface area (Å²) >= 11 is 0. The van der Waals surface area contributed by atoms with Crippen LogP contribution in [0.1, 0.15) is 153 Å². The van der Waals surface area contributed by atoms with E-state index < -0.39 is 0 Å².